The zero-order chi connectivity index (χ0) is 13.5. The Bertz CT molecular complexity index is 669. The van der Waals surface area contributed by atoms with E-state index in [0.717, 1.165) is 17.2 Å². The largest absolute Gasteiger partial charge is 0.458 e. The van der Waals surface area contributed by atoms with Crippen LogP contribution in [0.1, 0.15) is 24.4 Å². The lowest BCUT2D eigenvalue weighted by atomic mass is 10.1. The van der Waals surface area contributed by atoms with E-state index in [1.807, 2.05) is 25.1 Å². The van der Waals surface area contributed by atoms with Crippen LogP contribution in [-0.2, 0) is 9.84 Å². The molecule has 2 rings (SSSR count). The summed E-state index contributed by atoms with van der Waals surface area (Å²) >= 11 is 0. The third-order valence-electron chi connectivity index (χ3n) is 3.17. The van der Waals surface area contributed by atoms with Gasteiger partial charge in [0.2, 0.25) is 0 Å². The number of aliphatic hydroxyl groups excluding tert-OH is 1. The molecule has 1 heterocycles. The molecule has 0 spiro atoms. The van der Waals surface area contributed by atoms with E-state index < -0.39 is 21.2 Å². The maximum absolute atomic E-state index is 11.4. The van der Waals surface area contributed by atoms with Crippen molar-refractivity contribution in [2.75, 3.05) is 6.26 Å². The summed E-state index contributed by atoms with van der Waals surface area (Å²) < 4.78 is 28.4. The number of benzene rings is 1. The summed E-state index contributed by atoms with van der Waals surface area (Å²) in [5.74, 6) is 0.289. The number of fused-ring (bicyclic) bond motifs is 1. The standard InChI is InChI=1S/C13H16O4S/c1-8-5-4-6-10-7-11(17-13(8)10)12(14)9(2)18(3,15)16/h4-7,9,12,14H,1-3H3. The maximum atomic E-state index is 11.4. The highest BCUT2D eigenvalue weighted by atomic mass is 32.2. The number of para-hydroxylation sites is 1. The quantitative estimate of drug-likeness (QED) is 0.926. The average Bonchev–Trinajstić information content (AvgIpc) is 2.71. The monoisotopic (exact) mass is 268 g/mol. The predicted molar refractivity (Wildman–Crippen MR) is 70.2 cm³/mol. The number of hydrogen-bond acceptors (Lipinski definition) is 4. The van der Waals surface area contributed by atoms with Crippen molar-refractivity contribution in [2.24, 2.45) is 0 Å². The maximum Gasteiger partial charge on any atom is 0.153 e. The molecule has 0 aliphatic carbocycles. The molecule has 0 aliphatic heterocycles. The van der Waals surface area contributed by atoms with Crippen molar-refractivity contribution in [3.8, 4) is 0 Å². The Morgan fingerprint density at radius 1 is 1.33 bits per heavy atom. The first-order chi connectivity index (χ1) is 8.30. The molecule has 2 unspecified atom stereocenters. The van der Waals surface area contributed by atoms with Gasteiger partial charge < -0.3 is 9.52 Å². The lowest BCUT2D eigenvalue weighted by Crippen LogP contribution is -2.23. The number of furan rings is 1. The van der Waals surface area contributed by atoms with Gasteiger partial charge in [-0.3, -0.25) is 0 Å². The number of aliphatic hydroxyl groups is 1. The minimum absolute atomic E-state index is 0.289. The summed E-state index contributed by atoms with van der Waals surface area (Å²) in [4.78, 5) is 0. The molecule has 0 amide bonds. The Morgan fingerprint density at radius 2 is 2.00 bits per heavy atom. The van der Waals surface area contributed by atoms with E-state index in [1.54, 1.807) is 6.07 Å². The van der Waals surface area contributed by atoms with Crippen LogP contribution in [0, 0.1) is 6.92 Å². The molecule has 18 heavy (non-hydrogen) atoms. The van der Waals surface area contributed by atoms with Gasteiger partial charge in [0.25, 0.3) is 0 Å². The van der Waals surface area contributed by atoms with Gasteiger partial charge in [-0.2, -0.15) is 0 Å². The van der Waals surface area contributed by atoms with Crippen LogP contribution in [0.25, 0.3) is 11.0 Å². The molecule has 5 heteroatoms. The van der Waals surface area contributed by atoms with E-state index in [1.165, 1.54) is 6.92 Å². The van der Waals surface area contributed by atoms with Crippen molar-refractivity contribution in [3.05, 3.63) is 35.6 Å². The second kappa shape index (κ2) is 4.40. The van der Waals surface area contributed by atoms with Gasteiger partial charge in [-0.05, 0) is 25.5 Å². The Hall–Kier alpha value is -1.33. The molecule has 0 radical (unpaired) electrons. The molecular weight excluding hydrogens is 252 g/mol. The zero-order valence-corrected chi connectivity index (χ0v) is 11.4. The second-order valence-electron chi connectivity index (χ2n) is 4.62. The summed E-state index contributed by atoms with van der Waals surface area (Å²) in [6.45, 7) is 3.38. The Morgan fingerprint density at radius 3 is 2.56 bits per heavy atom. The van der Waals surface area contributed by atoms with Crippen LogP contribution in [0.15, 0.2) is 28.7 Å². The minimum atomic E-state index is -3.31. The smallest absolute Gasteiger partial charge is 0.153 e. The summed E-state index contributed by atoms with van der Waals surface area (Å²) in [6, 6.07) is 7.35. The van der Waals surface area contributed by atoms with Crippen molar-refractivity contribution in [1.82, 2.24) is 0 Å². The van der Waals surface area contributed by atoms with Crippen molar-refractivity contribution in [1.29, 1.82) is 0 Å². The van der Waals surface area contributed by atoms with Gasteiger partial charge in [0.05, 0.1) is 5.25 Å². The Kier molecular flexibility index (Phi) is 3.21. The number of sulfone groups is 1. The van der Waals surface area contributed by atoms with Gasteiger partial charge in [-0.15, -0.1) is 0 Å². The first-order valence-electron chi connectivity index (χ1n) is 5.66. The molecule has 0 bridgehead atoms. The van der Waals surface area contributed by atoms with Gasteiger partial charge in [0.15, 0.2) is 9.84 Å². The Balaban J connectivity index is 2.46. The molecule has 0 saturated heterocycles. The van der Waals surface area contributed by atoms with Crippen LogP contribution >= 0.6 is 0 Å². The van der Waals surface area contributed by atoms with Gasteiger partial charge in [0.1, 0.15) is 17.4 Å². The van der Waals surface area contributed by atoms with Crippen LogP contribution in [-0.4, -0.2) is 25.0 Å². The summed E-state index contributed by atoms with van der Waals surface area (Å²) in [5, 5.41) is 10.0. The fourth-order valence-corrected chi connectivity index (χ4v) is 2.44. The molecule has 0 fully saturated rings. The highest BCUT2D eigenvalue weighted by Gasteiger charge is 2.28. The van der Waals surface area contributed by atoms with E-state index in [-0.39, 0.29) is 5.76 Å². The fourth-order valence-electron chi connectivity index (χ4n) is 1.84. The van der Waals surface area contributed by atoms with E-state index >= 15 is 0 Å². The highest BCUT2D eigenvalue weighted by Crippen LogP contribution is 2.29. The van der Waals surface area contributed by atoms with Crippen molar-refractivity contribution in [3.63, 3.8) is 0 Å². The van der Waals surface area contributed by atoms with Gasteiger partial charge in [-0.1, -0.05) is 18.2 Å². The summed E-state index contributed by atoms with van der Waals surface area (Å²) in [7, 11) is -3.31. The molecule has 0 aliphatic rings. The average molecular weight is 268 g/mol. The fraction of sp³-hybridized carbons (Fsp3) is 0.385. The van der Waals surface area contributed by atoms with E-state index in [0.29, 0.717) is 5.58 Å². The molecule has 1 aromatic heterocycles. The first-order valence-corrected chi connectivity index (χ1v) is 7.62. The molecule has 1 aromatic carbocycles. The summed E-state index contributed by atoms with van der Waals surface area (Å²) in [5.41, 5.74) is 1.64. The number of rotatable bonds is 3. The summed E-state index contributed by atoms with van der Waals surface area (Å²) in [6.07, 6.45) is -0.0405. The topological polar surface area (TPSA) is 67.5 Å². The van der Waals surface area contributed by atoms with Crippen LogP contribution in [0.5, 0.6) is 0 Å². The lowest BCUT2D eigenvalue weighted by Gasteiger charge is -2.14. The van der Waals surface area contributed by atoms with Gasteiger partial charge in [-0.25, -0.2) is 8.42 Å². The van der Waals surface area contributed by atoms with Crippen LogP contribution in [0.4, 0.5) is 0 Å². The van der Waals surface area contributed by atoms with Crippen molar-refractivity contribution < 1.29 is 17.9 Å². The molecule has 1 N–H and O–H groups in total. The first kappa shape index (κ1) is 13.1. The predicted octanol–water partition coefficient (Wildman–Crippen LogP) is 2.21. The molecule has 2 atom stereocenters. The molecule has 4 nitrogen and oxygen atoms in total. The lowest BCUT2D eigenvalue weighted by molar-refractivity contribution is 0.151. The molecule has 2 aromatic rings. The zero-order valence-electron chi connectivity index (χ0n) is 10.5. The number of hydrogen-bond donors (Lipinski definition) is 1. The van der Waals surface area contributed by atoms with Crippen LogP contribution in [0.2, 0.25) is 0 Å². The van der Waals surface area contributed by atoms with Crippen molar-refractivity contribution in [2.45, 2.75) is 25.2 Å². The molecule has 0 saturated carbocycles. The van der Waals surface area contributed by atoms with Crippen LogP contribution in [0.3, 0.4) is 0 Å². The van der Waals surface area contributed by atoms with E-state index in [9.17, 15) is 13.5 Å². The highest BCUT2D eigenvalue weighted by molar-refractivity contribution is 7.91. The normalized spacial score (nSPS) is 15.8. The third kappa shape index (κ3) is 2.28. The molecule has 98 valence electrons. The van der Waals surface area contributed by atoms with E-state index in [2.05, 4.69) is 0 Å². The third-order valence-corrected chi connectivity index (χ3v) is 4.78. The van der Waals surface area contributed by atoms with Crippen LogP contribution < -0.4 is 0 Å². The second-order valence-corrected chi connectivity index (χ2v) is 7.02. The van der Waals surface area contributed by atoms with Gasteiger partial charge >= 0.3 is 0 Å². The van der Waals surface area contributed by atoms with E-state index in [4.69, 9.17) is 4.42 Å². The van der Waals surface area contributed by atoms with Crippen molar-refractivity contribution >= 4 is 20.8 Å². The number of aryl methyl sites for hydroxylation is 1. The SMILES string of the molecule is Cc1cccc2cc(C(O)C(C)S(C)(=O)=O)oc12. The minimum Gasteiger partial charge on any atom is -0.458 e. The molecular formula is C13H16O4S. The Labute approximate surface area is 106 Å². The van der Waals surface area contributed by atoms with Gasteiger partial charge in [0, 0.05) is 11.6 Å².